The number of hydrogen-bond acceptors (Lipinski definition) is 5. The van der Waals surface area contributed by atoms with Crippen LogP contribution in [0.2, 0.25) is 0 Å². The highest BCUT2D eigenvalue weighted by Gasteiger charge is 2.33. The maximum atomic E-state index is 11.9. The molecule has 108 valence electrons. The van der Waals surface area contributed by atoms with Gasteiger partial charge >= 0.3 is 12.1 Å². The van der Waals surface area contributed by atoms with Crippen LogP contribution in [-0.2, 0) is 19.1 Å². The van der Waals surface area contributed by atoms with Gasteiger partial charge in [0.05, 0.1) is 13.7 Å². The molecule has 0 N–H and O–H groups in total. The van der Waals surface area contributed by atoms with E-state index in [9.17, 15) is 14.4 Å². The van der Waals surface area contributed by atoms with E-state index < -0.39 is 5.97 Å². The summed E-state index contributed by atoms with van der Waals surface area (Å²) in [6.07, 6.45) is 0.581. The van der Waals surface area contributed by atoms with Crippen LogP contribution in [0.3, 0.4) is 0 Å². The van der Waals surface area contributed by atoms with E-state index in [-0.39, 0.29) is 36.9 Å². The number of methoxy groups -OCH3 is 1. The van der Waals surface area contributed by atoms with Crippen molar-refractivity contribution in [1.82, 2.24) is 4.90 Å². The zero-order valence-electron chi connectivity index (χ0n) is 11.7. The van der Waals surface area contributed by atoms with E-state index in [1.54, 1.807) is 11.8 Å². The molecule has 19 heavy (non-hydrogen) atoms. The molecule has 1 amide bonds. The summed E-state index contributed by atoms with van der Waals surface area (Å²) >= 11 is 0. The van der Waals surface area contributed by atoms with Gasteiger partial charge in [0.15, 0.2) is 0 Å². The van der Waals surface area contributed by atoms with Crippen LogP contribution in [0.15, 0.2) is 0 Å². The third kappa shape index (κ3) is 4.22. The van der Waals surface area contributed by atoms with Gasteiger partial charge in [-0.2, -0.15) is 0 Å². The van der Waals surface area contributed by atoms with Crippen molar-refractivity contribution < 1.29 is 23.9 Å². The summed E-state index contributed by atoms with van der Waals surface area (Å²) in [5.41, 5.74) is 0. The number of hydrogen-bond donors (Lipinski definition) is 0. The first-order valence-corrected chi connectivity index (χ1v) is 6.52. The number of esters is 1. The minimum absolute atomic E-state index is 0.0580. The first kappa shape index (κ1) is 15.5. The number of piperidine rings is 1. The highest BCUT2D eigenvalue weighted by atomic mass is 16.5. The molecular weight excluding hydrogens is 250 g/mol. The first-order chi connectivity index (χ1) is 8.99. The van der Waals surface area contributed by atoms with Crippen molar-refractivity contribution in [2.75, 3.05) is 20.3 Å². The minimum Gasteiger partial charge on any atom is -0.466 e. The molecule has 0 bridgehead atoms. The average Bonchev–Trinajstić information content (AvgIpc) is 2.37. The third-order valence-corrected chi connectivity index (χ3v) is 3.36. The molecule has 2 atom stereocenters. The Kier molecular flexibility index (Phi) is 5.79. The van der Waals surface area contributed by atoms with E-state index in [1.807, 2.05) is 6.92 Å². The highest BCUT2D eigenvalue weighted by Crippen LogP contribution is 2.25. The Morgan fingerprint density at radius 3 is 2.53 bits per heavy atom. The summed E-state index contributed by atoms with van der Waals surface area (Å²) in [7, 11) is 1.34. The van der Waals surface area contributed by atoms with Crippen molar-refractivity contribution in [3.63, 3.8) is 0 Å². The molecule has 0 aromatic carbocycles. The number of carbonyl (C=O) groups excluding carboxylic acids is 3. The monoisotopic (exact) mass is 271 g/mol. The summed E-state index contributed by atoms with van der Waals surface area (Å²) in [4.78, 5) is 36.3. The Hall–Kier alpha value is -1.59. The van der Waals surface area contributed by atoms with E-state index in [0.29, 0.717) is 19.4 Å². The predicted molar refractivity (Wildman–Crippen MR) is 67.6 cm³/mol. The van der Waals surface area contributed by atoms with E-state index in [1.165, 1.54) is 7.11 Å². The first-order valence-electron chi connectivity index (χ1n) is 6.52. The quantitative estimate of drug-likeness (QED) is 0.570. The fourth-order valence-corrected chi connectivity index (χ4v) is 2.35. The number of ether oxygens (including phenoxy) is 2. The largest absolute Gasteiger partial charge is 0.466 e. The van der Waals surface area contributed by atoms with Crippen molar-refractivity contribution in [3.05, 3.63) is 0 Å². The molecule has 0 aromatic heterocycles. The van der Waals surface area contributed by atoms with Crippen molar-refractivity contribution in [3.8, 4) is 0 Å². The lowest BCUT2D eigenvalue weighted by molar-refractivity contribution is -0.146. The number of Topliss-reactive ketones (excluding diaryl/α,β-unsaturated/α-hetero) is 1. The second-order valence-corrected chi connectivity index (χ2v) is 4.68. The van der Waals surface area contributed by atoms with Crippen molar-refractivity contribution in [2.24, 2.45) is 5.92 Å². The molecule has 0 aromatic rings. The van der Waals surface area contributed by atoms with E-state index in [0.717, 1.165) is 0 Å². The van der Waals surface area contributed by atoms with Gasteiger partial charge in [-0.1, -0.05) is 0 Å². The maximum Gasteiger partial charge on any atom is 0.409 e. The molecule has 0 unspecified atom stereocenters. The molecule has 1 aliphatic heterocycles. The lowest BCUT2D eigenvalue weighted by atomic mass is 9.87. The molecule has 1 aliphatic rings. The summed E-state index contributed by atoms with van der Waals surface area (Å²) in [5, 5.41) is 0. The normalized spacial score (nSPS) is 22.8. The Morgan fingerprint density at radius 2 is 2.00 bits per heavy atom. The van der Waals surface area contributed by atoms with E-state index in [2.05, 4.69) is 4.74 Å². The number of carbonyl (C=O) groups is 3. The van der Waals surface area contributed by atoms with Gasteiger partial charge in [0, 0.05) is 18.5 Å². The fourth-order valence-electron chi connectivity index (χ4n) is 2.35. The van der Waals surface area contributed by atoms with Crippen molar-refractivity contribution >= 4 is 17.8 Å². The zero-order chi connectivity index (χ0) is 14.4. The number of amides is 1. The number of rotatable bonds is 4. The minimum atomic E-state index is -0.476. The van der Waals surface area contributed by atoms with Gasteiger partial charge in [0.25, 0.3) is 0 Å². The Morgan fingerprint density at radius 1 is 1.32 bits per heavy atom. The van der Waals surface area contributed by atoms with Gasteiger partial charge in [-0.05, 0) is 26.7 Å². The van der Waals surface area contributed by atoms with Gasteiger partial charge in [-0.25, -0.2) is 4.79 Å². The Balaban J connectivity index is 2.49. The maximum absolute atomic E-state index is 11.9. The van der Waals surface area contributed by atoms with Crippen LogP contribution >= 0.6 is 0 Å². The molecule has 1 saturated heterocycles. The van der Waals surface area contributed by atoms with Crippen LogP contribution in [0.5, 0.6) is 0 Å². The van der Waals surface area contributed by atoms with Crippen LogP contribution in [0.4, 0.5) is 4.79 Å². The summed E-state index contributed by atoms with van der Waals surface area (Å²) in [6, 6.07) is -0.0580. The van der Waals surface area contributed by atoms with Crippen LogP contribution < -0.4 is 0 Å². The Labute approximate surface area is 113 Å². The topological polar surface area (TPSA) is 72.9 Å². The second kappa shape index (κ2) is 7.11. The van der Waals surface area contributed by atoms with Crippen LogP contribution in [-0.4, -0.2) is 49.0 Å². The van der Waals surface area contributed by atoms with Gasteiger partial charge < -0.3 is 14.4 Å². The second-order valence-electron chi connectivity index (χ2n) is 4.68. The summed E-state index contributed by atoms with van der Waals surface area (Å²) in [6.45, 7) is 4.34. The molecule has 0 aliphatic carbocycles. The smallest absolute Gasteiger partial charge is 0.409 e. The Bertz CT molecular complexity index is 355. The number of likely N-dealkylation sites (tertiary alicyclic amines) is 1. The number of ketones is 1. The molecule has 6 heteroatoms. The number of nitrogens with zero attached hydrogens (tertiary/aromatic N) is 1. The SMILES string of the molecule is CCOC(=O)CC(=O)[C@H]1CCN(C(=O)OC)[C@@H](C)C1. The van der Waals surface area contributed by atoms with Gasteiger partial charge in [0.2, 0.25) is 0 Å². The summed E-state index contributed by atoms with van der Waals surface area (Å²) in [5.74, 6) is -0.759. The molecule has 1 fully saturated rings. The van der Waals surface area contributed by atoms with Gasteiger partial charge in [-0.3, -0.25) is 9.59 Å². The van der Waals surface area contributed by atoms with Crippen LogP contribution in [0.1, 0.15) is 33.1 Å². The van der Waals surface area contributed by atoms with E-state index in [4.69, 9.17) is 4.74 Å². The molecule has 6 nitrogen and oxygen atoms in total. The molecule has 0 radical (unpaired) electrons. The molecule has 0 spiro atoms. The summed E-state index contributed by atoms with van der Waals surface area (Å²) < 4.78 is 9.44. The zero-order valence-corrected chi connectivity index (χ0v) is 11.7. The lowest BCUT2D eigenvalue weighted by Crippen LogP contribution is -2.46. The van der Waals surface area contributed by atoms with Crippen LogP contribution in [0.25, 0.3) is 0 Å². The standard InChI is InChI=1S/C13H21NO5/c1-4-19-12(16)8-11(15)10-5-6-14(9(2)7-10)13(17)18-3/h9-10H,4-8H2,1-3H3/t9-,10-/m0/s1. The van der Waals surface area contributed by atoms with Crippen molar-refractivity contribution in [1.29, 1.82) is 0 Å². The fraction of sp³-hybridized carbons (Fsp3) is 0.769. The average molecular weight is 271 g/mol. The molecular formula is C13H21NO5. The molecule has 0 saturated carbocycles. The van der Waals surface area contributed by atoms with Gasteiger partial charge in [0.1, 0.15) is 12.2 Å². The molecule has 1 heterocycles. The lowest BCUT2D eigenvalue weighted by Gasteiger charge is -2.35. The van der Waals surface area contributed by atoms with Crippen LogP contribution in [0, 0.1) is 5.92 Å². The third-order valence-electron chi connectivity index (χ3n) is 3.36. The predicted octanol–water partition coefficient (Wildman–Crippen LogP) is 1.38. The van der Waals surface area contributed by atoms with E-state index >= 15 is 0 Å². The van der Waals surface area contributed by atoms with Gasteiger partial charge in [-0.15, -0.1) is 0 Å². The highest BCUT2D eigenvalue weighted by molar-refractivity contribution is 5.96. The van der Waals surface area contributed by atoms with Crippen molar-refractivity contribution in [2.45, 2.75) is 39.2 Å². The molecule has 1 rings (SSSR count).